The van der Waals surface area contributed by atoms with Crippen LogP contribution in [0, 0.1) is 0 Å². The molecule has 41 heavy (non-hydrogen) atoms. The molecule has 4 heterocycles. The van der Waals surface area contributed by atoms with Gasteiger partial charge in [0, 0.05) is 66.6 Å². The highest BCUT2D eigenvalue weighted by atomic mass is 35.5. The number of anilines is 3. The van der Waals surface area contributed by atoms with Crippen LogP contribution in [0.4, 0.5) is 17.1 Å². The van der Waals surface area contributed by atoms with E-state index in [9.17, 15) is 4.79 Å². The van der Waals surface area contributed by atoms with Crippen molar-refractivity contribution in [3.05, 3.63) is 70.5 Å². The molecule has 0 saturated carbocycles. The summed E-state index contributed by atoms with van der Waals surface area (Å²) in [6.45, 7) is 7.99. The van der Waals surface area contributed by atoms with Crippen LogP contribution in [-0.2, 0) is 19.7 Å². The zero-order valence-electron chi connectivity index (χ0n) is 24.0. The highest BCUT2D eigenvalue weighted by molar-refractivity contribution is 6.32. The van der Waals surface area contributed by atoms with Gasteiger partial charge >= 0.3 is 0 Å². The van der Waals surface area contributed by atoms with Crippen molar-refractivity contribution >= 4 is 46.2 Å². The van der Waals surface area contributed by atoms with Gasteiger partial charge in [0.05, 0.1) is 34.9 Å². The second-order valence-corrected chi connectivity index (χ2v) is 12.9. The predicted octanol–water partition coefficient (Wildman–Crippen LogP) is 6.33. The first-order valence-electron chi connectivity index (χ1n) is 14.1. The summed E-state index contributed by atoms with van der Waals surface area (Å²) in [5, 5.41) is 1.07. The number of halogens is 2. The van der Waals surface area contributed by atoms with Gasteiger partial charge in [0.25, 0.3) is 0 Å². The van der Waals surface area contributed by atoms with Crippen molar-refractivity contribution in [2.24, 2.45) is 0 Å². The van der Waals surface area contributed by atoms with E-state index in [0.717, 1.165) is 68.2 Å². The minimum Gasteiger partial charge on any atom is -0.381 e. The van der Waals surface area contributed by atoms with Crippen LogP contribution in [0.3, 0.4) is 0 Å². The predicted molar refractivity (Wildman–Crippen MR) is 165 cm³/mol. The molecule has 216 valence electrons. The maximum atomic E-state index is 14.2. The third-order valence-electron chi connectivity index (χ3n) is 8.89. The molecule has 0 aliphatic carbocycles. The van der Waals surface area contributed by atoms with Crippen LogP contribution in [0.5, 0.6) is 0 Å². The molecule has 2 fully saturated rings. The summed E-state index contributed by atoms with van der Waals surface area (Å²) in [6.07, 6.45) is 3.73. The minimum atomic E-state index is -0.893. The standard InChI is InChI=1S/C32H36Cl2N4O3/c1-31(2)29-27(15-22(34)17-35-29)26-10-5-21(33)16-28(26)38(30(31)39)25-8-6-24(7-9-25)37-19-32(20-37,40-4)18-36(3)23-11-13-41-14-12-23/h5-10,15-17,23H,11-14,18-20H2,1-4H3. The SMILES string of the molecule is COC1(CN(C)C2CCOCC2)CN(c2ccc(N3C(=O)C(C)(C)c4ncc(Cl)cc4-c4ccc(Cl)cc43)cc2)C1. The molecular formula is C32H36Cl2N4O3. The Morgan fingerprint density at radius 2 is 1.68 bits per heavy atom. The van der Waals surface area contributed by atoms with E-state index in [1.807, 2.05) is 57.4 Å². The maximum Gasteiger partial charge on any atom is 0.243 e. The first-order valence-corrected chi connectivity index (χ1v) is 14.9. The number of aromatic nitrogens is 1. The molecule has 2 aromatic carbocycles. The molecule has 6 rings (SSSR count). The second-order valence-electron chi connectivity index (χ2n) is 12.0. The summed E-state index contributed by atoms with van der Waals surface area (Å²) in [6, 6.07) is 16.2. The Hall–Kier alpha value is -2.68. The fraction of sp³-hybridized carbons (Fsp3) is 0.438. The Balaban J connectivity index is 1.26. The van der Waals surface area contributed by atoms with Gasteiger partial charge < -0.3 is 19.3 Å². The maximum absolute atomic E-state index is 14.2. The van der Waals surface area contributed by atoms with Gasteiger partial charge in [-0.25, -0.2) is 0 Å². The van der Waals surface area contributed by atoms with E-state index in [1.54, 1.807) is 11.1 Å². The largest absolute Gasteiger partial charge is 0.381 e. The monoisotopic (exact) mass is 594 g/mol. The number of methoxy groups -OCH3 is 1. The van der Waals surface area contributed by atoms with Gasteiger partial charge in [-0.15, -0.1) is 0 Å². The van der Waals surface area contributed by atoms with E-state index in [0.29, 0.717) is 27.5 Å². The number of hydrogen-bond acceptors (Lipinski definition) is 6. The van der Waals surface area contributed by atoms with Crippen molar-refractivity contribution in [3.63, 3.8) is 0 Å². The van der Waals surface area contributed by atoms with Gasteiger partial charge in [-0.2, -0.15) is 0 Å². The second kappa shape index (κ2) is 10.9. The molecule has 0 radical (unpaired) electrons. The molecule has 3 aliphatic rings. The molecule has 9 heteroatoms. The Labute approximate surface area is 251 Å². The fourth-order valence-corrected chi connectivity index (χ4v) is 6.78. The number of rotatable bonds is 6. The van der Waals surface area contributed by atoms with Crippen LogP contribution in [0.2, 0.25) is 10.0 Å². The zero-order chi connectivity index (χ0) is 28.9. The Morgan fingerprint density at radius 1 is 1.00 bits per heavy atom. The molecule has 3 aromatic rings. The highest BCUT2D eigenvalue weighted by Gasteiger charge is 2.46. The number of benzene rings is 2. The lowest BCUT2D eigenvalue weighted by Gasteiger charge is -2.52. The topological polar surface area (TPSA) is 58.1 Å². The summed E-state index contributed by atoms with van der Waals surface area (Å²) in [7, 11) is 4.01. The smallest absolute Gasteiger partial charge is 0.243 e. The van der Waals surface area contributed by atoms with Crippen LogP contribution < -0.4 is 9.80 Å². The van der Waals surface area contributed by atoms with Crippen molar-refractivity contribution in [1.82, 2.24) is 9.88 Å². The van der Waals surface area contributed by atoms with Crippen molar-refractivity contribution in [1.29, 1.82) is 0 Å². The van der Waals surface area contributed by atoms with Gasteiger partial charge in [0.1, 0.15) is 5.60 Å². The van der Waals surface area contributed by atoms with Gasteiger partial charge in [0.15, 0.2) is 0 Å². The Morgan fingerprint density at radius 3 is 2.37 bits per heavy atom. The number of likely N-dealkylation sites (N-methyl/N-ethyl adjacent to an activating group) is 1. The van der Waals surface area contributed by atoms with E-state index in [1.165, 1.54) is 0 Å². The summed E-state index contributed by atoms with van der Waals surface area (Å²) in [4.78, 5) is 25.3. The lowest BCUT2D eigenvalue weighted by molar-refractivity contribution is -0.122. The van der Waals surface area contributed by atoms with Crippen molar-refractivity contribution < 1.29 is 14.3 Å². The molecule has 0 spiro atoms. The van der Waals surface area contributed by atoms with E-state index in [-0.39, 0.29) is 11.5 Å². The molecule has 1 aromatic heterocycles. The van der Waals surface area contributed by atoms with E-state index in [4.69, 9.17) is 32.7 Å². The van der Waals surface area contributed by atoms with Crippen LogP contribution in [0.15, 0.2) is 54.7 Å². The molecule has 0 unspecified atom stereocenters. The number of amides is 1. The quantitative estimate of drug-likeness (QED) is 0.332. The number of hydrogen-bond donors (Lipinski definition) is 0. The zero-order valence-corrected chi connectivity index (χ0v) is 25.5. The molecule has 0 N–H and O–H groups in total. The van der Waals surface area contributed by atoms with Crippen LogP contribution in [0.1, 0.15) is 32.4 Å². The summed E-state index contributed by atoms with van der Waals surface area (Å²) >= 11 is 12.8. The van der Waals surface area contributed by atoms with Crippen LogP contribution in [0.25, 0.3) is 11.1 Å². The molecular weight excluding hydrogens is 559 g/mol. The Bertz CT molecular complexity index is 1450. The van der Waals surface area contributed by atoms with E-state index in [2.05, 4.69) is 34.0 Å². The molecule has 0 atom stereocenters. The van der Waals surface area contributed by atoms with E-state index < -0.39 is 5.41 Å². The number of nitrogens with zero attached hydrogens (tertiary/aromatic N) is 4. The lowest BCUT2D eigenvalue weighted by Crippen LogP contribution is -2.68. The van der Waals surface area contributed by atoms with Crippen molar-refractivity contribution in [2.45, 2.75) is 43.7 Å². The number of ether oxygens (including phenoxy) is 2. The van der Waals surface area contributed by atoms with E-state index >= 15 is 0 Å². The fourth-order valence-electron chi connectivity index (χ4n) is 6.45. The van der Waals surface area contributed by atoms with Gasteiger partial charge in [-0.3, -0.25) is 14.7 Å². The highest BCUT2D eigenvalue weighted by Crippen LogP contribution is 2.47. The van der Waals surface area contributed by atoms with Crippen LogP contribution >= 0.6 is 23.2 Å². The number of carbonyl (C=O) groups excluding carboxylic acids is 1. The molecule has 1 amide bonds. The van der Waals surface area contributed by atoms with Gasteiger partial charge in [0.2, 0.25) is 5.91 Å². The van der Waals surface area contributed by atoms with Crippen molar-refractivity contribution in [2.75, 3.05) is 56.8 Å². The summed E-state index contributed by atoms with van der Waals surface area (Å²) < 4.78 is 11.6. The summed E-state index contributed by atoms with van der Waals surface area (Å²) in [5.74, 6) is -0.0826. The third-order valence-corrected chi connectivity index (χ3v) is 9.33. The van der Waals surface area contributed by atoms with Gasteiger partial charge in [-0.05, 0) is 76.2 Å². The normalized spacial score (nSPS) is 19.9. The summed E-state index contributed by atoms with van der Waals surface area (Å²) in [5.41, 5.74) is 3.88. The molecule has 0 bridgehead atoms. The molecule has 7 nitrogen and oxygen atoms in total. The first kappa shape index (κ1) is 28.4. The number of carbonyl (C=O) groups is 1. The minimum absolute atomic E-state index is 0.0826. The average molecular weight is 596 g/mol. The van der Waals surface area contributed by atoms with Gasteiger partial charge in [-0.1, -0.05) is 29.3 Å². The molecule has 3 aliphatic heterocycles. The van der Waals surface area contributed by atoms with Crippen LogP contribution in [-0.4, -0.2) is 74.4 Å². The lowest BCUT2D eigenvalue weighted by atomic mass is 9.84. The number of pyridine rings is 1. The molecule has 2 saturated heterocycles. The first-order chi connectivity index (χ1) is 19.6. The van der Waals surface area contributed by atoms with Crippen molar-refractivity contribution in [3.8, 4) is 11.1 Å². The Kier molecular flexibility index (Phi) is 7.54. The third kappa shape index (κ3) is 5.12. The number of fused-ring (bicyclic) bond motifs is 3. The average Bonchev–Trinajstić information content (AvgIpc) is 3.01.